The molecule has 1 aromatic carbocycles. The summed E-state index contributed by atoms with van der Waals surface area (Å²) in [5, 5.41) is 0. The van der Waals surface area contributed by atoms with Crippen molar-refractivity contribution in [3.63, 3.8) is 0 Å². The third-order valence-corrected chi connectivity index (χ3v) is 5.42. The van der Waals surface area contributed by atoms with Crippen molar-refractivity contribution in [2.24, 2.45) is 0 Å². The molecule has 3 amide bonds. The Bertz CT molecular complexity index is 741. The Morgan fingerprint density at radius 2 is 1.79 bits per heavy atom. The number of carbonyl (C=O) groups excluding carboxylic acids is 4. The van der Waals surface area contributed by atoms with Gasteiger partial charge in [0.05, 0.1) is 11.1 Å². The average molecular weight is 386 g/mol. The van der Waals surface area contributed by atoms with Crippen LogP contribution in [0.2, 0.25) is 0 Å². The van der Waals surface area contributed by atoms with Gasteiger partial charge in [0, 0.05) is 25.6 Å². The summed E-state index contributed by atoms with van der Waals surface area (Å²) in [6.45, 7) is 2.68. The molecule has 0 N–H and O–H groups in total. The second-order valence-corrected chi connectivity index (χ2v) is 7.22. The van der Waals surface area contributed by atoms with Gasteiger partial charge < -0.3 is 9.64 Å². The van der Waals surface area contributed by atoms with Crippen LogP contribution < -0.4 is 0 Å². The van der Waals surface area contributed by atoms with Crippen molar-refractivity contribution in [2.45, 2.75) is 51.5 Å². The maximum atomic E-state index is 12.3. The topological polar surface area (TPSA) is 84.0 Å². The monoisotopic (exact) mass is 386 g/mol. The highest BCUT2D eigenvalue weighted by atomic mass is 16.5. The molecule has 1 unspecified atom stereocenters. The summed E-state index contributed by atoms with van der Waals surface area (Å²) in [6.07, 6.45) is 4.37. The van der Waals surface area contributed by atoms with E-state index in [1.54, 1.807) is 24.3 Å². The van der Waals surface area contributed by atoms with Gasteiger partial charge in [0.2, 0.25) is 0 Å². The van der Waals surface area contributed by atoms with Crippen LogP contribution in [-0.2, 0) is 14.3 Å². The molecule has 3 rings (SSSR count). The van der Waals surface area contributed by atoms with Crippen LogP contribution in [0, 0.1) is 0 Å². The van der Waals surface area contributed by atoms with Gasteiger partial charge in [0.25, 0.3) is 17.7 Å². The molecular weight excluding hydrogens is 360 g/mol. The molecule has 2 aliphatic heterocycles. The summed E-state index contributed by atoms with van der Waals surface area (Å²) < 4.78 is 5.11. The molecule has 0 spiro atoms. The van der Waals surface area contributed by atoms with Gasteiger partial charge in [0.15, 0.2) is 6.61 Å². The minimum absolute atomic E-state index is 0.0535. The van der Waals surface area contributed by atoms with Crippen molar-refractivity contribution in [1.82, 2.24) is 9.80 Å². The molecule has 1 atom stereocenters. The number of rotatable bonds is 7. The Kier molecular flexibility index (Phi) is 6.44. The highest BCUT2D eigenvalue weighted by molar-refractivity contribution is 6.21. The molecule has 0 bridgehead atoms. The van der Waals surface area contributed by atoms with Gasteiger partial charge >= 0.3 is 5.97 Å². The van der Waals surface area contributed by atoms with Crippen molar-refractivity contribution < 1.29 is 23.9 Å². The number of imide groups is 1. The maximum Gasteiger partial charge on any atom is 0.306 e. The fourth-order valence-corrected chi connectivity index (χ4v) is 3.87. The minimum Gasteiger partial charge on any atom is -0.456 e. The van der Waals surface area contributed by atoms with Crippen LogP contribution in [0.3, 0.4) is 0 Å². The predicted molar refractivity (Wildman–Crippen MR) is 102 cm³/mol. The van der Waals surface area contributed by atoms with E-state index in [4.69, 9.17) is 4.74 Å². The Morgan fingerprint density at radius 3 is 2.43 bits per heavy atom. The highest BCUT2D eigenvalue weighted by Gasteiger charge is 2.34. The van der Waals surface area contributed by atoms with E-state index in [1.165, 1.54) is 0 Å². The van der Waals surface area contributed by atoms with Gasteiger partial charge in [-0.2, -0.15) is 0 Å². The van der Waals surface area contributed by atoms with E-state index in [0.717, 1.165) is 30.6 Å². The summed E-state index contributed by atoms with van der Waals surface area (Å²) in [4.78, 5) is 51.8. The summed E-state index contributed by atoms with van der Waals surface area (Å²) in [7, 11) is 0. The third-order valence-electron chi connectivity index (χ3n) is 5.42. The summed E-state index contributed by atoms with van der Waals surface area (Å²) in [5.41, 5.74) is 0.792. The standard InChI is InChI=1S/C21H26N2O5/c1-2-15-8-5-6-12-22(15)18(24)14-28-19(25)11-7-13-23-20(26)16-9-3-4-10-17(16)21(23)27/h3-4,9-10,15H,2,5-8,11-14H2,1H3. The number of ether oxygens (including phenoxy) is 1. The van der Waals surface area contributed by atoms with Crippen LogP contribution in [0.25, 0.3) is 0 Å². The molecule has 7 nitrogen and oxygen atoms in total. The number of benzene rings is 1. The van der Waals surface area contributed by atoms with E-state index in [9.17, 15) is 19.2 Å². The normalized spacial score (nSPS) is 19.0. The SMILES string of the molecule is CCC1CCCCN1C(=O)COC(=O)CCCN1C(=O)c2ccccc2C1=O. The smallest absolute Gasteiger partial charge is 0.306 e. The third kappa shape index (κ3) is 4.24. The fraction of sp³-hybridized carbons (Fsp3) is 0.524. The van der Waals surface area contributed by atoms with Crippen LogP contribution in [0.5, 0.6) is 0 Å². The molecule has 0 radical (unpaired) electrons. The van der Waals surface area contributed by atoms with Gasteiger partial charge in [-0.25, -0.2) is 0 Å². The second-order valence-electron chi connectivity index (χ2n) is 7.22. The van der Waals surface area contributed by atoms with Crippen LogP contribution in [0.4, 0.5) is 0 Å². The molecule has 1 aromatic rings. The van der Waals surface area contributed by atoms with E-state index in [2.05, 4.69) is 6.92 Å². The summed E-state index contributed by atoms with van der Waals surface area (Å²) >= 11 is 0. The molecule has 0 saturated carbocycles. The number of piperidine rings is 1. The molecule has 0 aromatic heterocycles. The van der Waals surface area contributed by atoms with Crippen molar-refractivity contribution in [1.29, 1.82) is 0 Å². The molecule has 2 heterocycles. The van der Waals surface area contributed by atoms with Gasteiger partial charge in [-0.15, -0.1) is 0 Å². The van der Waals surface area contributed by atoms with Gasteiger partial charge in [-0.05, 0) is 44.2 Å². The number of hydrogen-bond donors (Lipinski definition) is 0. The Balaban J connectivity index is 1.41. The quantitative estimate of drug-likeness (QED) is 0.531. The van der Waals surface area contributed by atoms with Gasteiger partial charge in [-0.1, -0.05) is 19.1 Å². The largest absolute Gasteiger partial charge is 0.456 e. The average Bonchev–Trinajstić information content (AvgIpc) is 2.97. The first kappa shape index (κ1) is 20.0. The Hall–Kier alpha value is -2.70. The van der Waals surface area contributed by atoms with Crippen LogP contribution in [0.1, 0.15) is 66.2 Å². The number of esters is 1. The molecule has 1 saturated heterocycles. The lowest BCUT2D eigenvalue weighted by Gasteiger charge is -2.35. The molecule has 0 aliphatic carbocycles. The first-order chi connectivity index (χ1) is 13.5. The van der Waals surface area contributed by atoms with Crippen molar-refractivity contribution in [3.8, 4) is 0 Å². The summed E-state index contributed by atoms with van der Waals surface area (Å²) in [6, 6.07) is 6.91. The van der Waals surface area contributed by atoms with E-state index in [1.807, 2.05) is 4.90 Å². The lowest BCUT2D eigenvalue weighted by Crippen LogP contribution is -2.45. The van der Waals surface area contributed by atoms with Crippen LogP contribution in [0.15, 0.2) is 24.3 Å². The lowest BCUT2D eigenvalue weighted by atomic mass is 10.00. The number of fused-ring (bicyclic) bond motifs is 1. The zero-order valence-corrected chi connectivity index (χ0v) is 16.2. The first-order valence-electron chi connectivity index (χ1n) is 9.93. The first-order valence-corrected chi connectivity index (χ1v) is 9.93. The second kappa shape index (κ2) is 8.99. The van der Waals surface area contributed by atoms with Crippen LogP contribution in [-0.4, -0.2) is 59.2 Å². The number of hydrogen-bond acceptors (Lipinski definition) is 5. The fourth-order valence-electron chi connectivity index (χ4n) is 3.87. The van der Waals surface area contributed by atoms with E-state index >= 15 is 0 Å². The van der Waals surface area contributed by atoms with E-state index in [0.29, 0.717) is 24.1 Å². The van der Waals surface area contributed by atoms with Crippen LogP contribution >= 0.6 is 0 Å². The molecular formula is C21H26N2O5. The molecule has 28 heavy (non-hydrogen) atoms. The minimum atomic E-state index is -0.491. The number of likely N-dealkylation sites (tertiary alicyclic amines) is 1. The van der Waals surface area contributed by atoms with E-state index in [-0.39, 0.29) is 43.3 Å². The number of amides is 3. The predicted octanol–water partition coefficient (Wildman–Crippen LogP) is 2.40. The number of carbonyl (C=O) groups is 4. The Morgan fingerprint density at radius 1 is 1.11 bits per heavy atom. The molecule has 1 fully saturated rings. The van der Waals surface area contributed by atoms with E-state index < -0.39 is 5.97 Å². The number of nitrogens with zero attached hydrogens (tertiary/aromatic N) is 2. The van der Waals surface area contributed by atoms with Gasteiger partial charge in [0.1, 0.15) is 0 Å². The molecule has 7 heteroatoms. The van der Waals surface area contributed by atoms with Crippen molar-refractivity contribution in [3.05, 3.63) is 35.4 Å². The van der Waals surface area contributed by atoms with Crippen molar-refractivity contribution in [2.75, 3.05) is 19.7 Å². The van der Waals surface area contributed by atoms with Crippen molar-refractivity contribution >= 4 is 23.7 Å². The zero-order valence-electron chi connectivity index (χ0n) is 16.2. The lowest BCUT2D eigenvalue weighted by molar-refractivity contribution is -0.153. The Labute approximate surface area is 164 Å². The molecule has 150 valence electrons. The molecule has 2 aliphatic rings. The highest BCUT2D eigenvalue weighted by Crippen LogP contribution is 2.23. The summed E-state index contributed by atoms with van der Waals surface area (Å²) in [5.74, 6) is -1.31. The van der Waals surface area contributed by atoms with Gasteiger partial charge in [-0.3, -0.25) is 24.1 Å². The zero-order chi connectivity index (χ0) is 20.1. The maximum absolute atomic E-state index is 12.3.